The van der Waals surface area contributed by atoms with E-state index in [-0.39, 0.29) is 47.1 Å². The van der Waals surface area contributed by atoms with Crippen molar-refractivity contribution in [2.75, 3.05) is 23.4 Å². The number of carbonyl (C=O) groups excluding carboxylic acids is 2. The van der Waals surface area contributed by atoms with Gasteiger partial charge in [-0.2, -0.15) is 0 Å². The fraction of sp³-hybridized carbons (Fsp3) is 0.600. The maximum absolute atomic E-state index is 12.8. The van der Waals surface area contributed by atoms with Gasteiger partial charge < -0.3 is 10.2 Å². The van der Waals surface area contributed by atoms with E-state index < -0.39 is 9.84 Å². The van der Waals surface area contributed by atoms with Gasteiger partial charge in [0, 0.05) is 18.3 Å². The number of hydrogen-bond donors (Lipinski definition) is 1. The quantitative estimate of drug-likeness (QED) is 0.806. The van der Waals surface area contributed by atoms with Gasteiger partial charge in [-0.25, -0.2) is 8.42 Å². The normalized spacial score (nSPS) is 26.0. The summed E-state index contributed by atoms with van der Waals surface area (Å²) >= 11 is 0. The fourth-order valence-electron chi connectivity index (χ4n) is 3.93. The predicted octanol–water partition coefficient (Wildman–Crippen LogP) is 2.42. The summed E-state index contributed by atoms with van der Waals surface area (Å²) in [6.45, 7) is 6.48. The van der Waals surface area contributed by atoms with Crippen LogP contribution in [0.3, 0.4) is 0 Å². The lowest BCUT2D eigenvalue weighted by atomic mass is 10.0. The Morgan fingerprint density at radius 3 is 2.52 bits per heavy atom. The van der Waals surface area contributed by atoms with Gasteiger partial charge in [0.15, 0.2) is 9.84 Å². The van der Waals surface area contributed by atoms with E-state index in [1.165, 1.54) is 0 Å². The summed E-state index contributed by atoms with van der Waals surface area (Å²) < 4.78 is 23.5. The largest absolute Gasteiger partial charge is 0.339 e. The molecule has 1 saturated carbocycles. The van der Waals surface area contributed by atoms with E-state index >= 15 is 0 Å². The Labute approximate surface area is 161 Å². The van der Waals surface area contributed by atoms with Crippen molar-refractivity contribution in [1.29, 1.82) is 0 Å². The summed E-state index contributed by atoms with van der Waals surface area (Å²) in [6, 6.07) is 7.46. The van der Waals surface area contributed by atoms with Crippen LogP contribution in [0.25, 0.3) is 0 Å². The SMILES string of the molecule is CCN(C(=O)C1CC1C(=O)Nc1ccccc1C(C)C)C1CCS(=O)(=O)C1. The van der Waals surface area contributed by atoms with Crippen molar-refractivity contribution in [2.24, 2.45) is 11.8 Å². The molecule has 0 aromatic heterocycles. The number of sulfone groups is 1. The highest BCUT2D eigenvalue weighted by molar-refractivity contribution is 7.91. The lowest BCUT2D eigenvalue weighted by Crippen LogP contribution is -2.42. The average Bonchev–Trinajstić information content (AvgIpc) is 3.34. The molecule has 1 aliphatic carbocycles. The first-order valence-corrected chi connectivity index (χ1v) is 11.5. The minimum atomic E-state index is -3.05. The summed E-state index contributed by atoms with van der Waals surface area (Å²) in [6.07, 6.45) is 1.03. The van der Waals surface area contributed by atoms with Gasteiger partial charge in [0.05, 0.1) is 23.3 Å². The Morgan fingerprint density at radius 1 is 1.22 bits per heavy atom. The maximum atomic E-state index is 12.8. The lowest BCUT2D eigenvalue weighted by Gasteiger charge is -2.27. The van der Waals surface area contributed by atoms with Crippen LogP contribution in [0.1, 0.15) is 45.1 Å². The van der Waals surface area contributed by atoms with Crippen molar-refractivity contribution in [3.05, 3.63) is 29.8 Å². The third kappa shape index (κ3) is 4.34. The number of nitrogens with zero attached hydrogens (tertiary/aromatic N) is 1. The molecule has 2 fully saturated rings. The van der Waals surface area contributed by atoms with E-state index in [0.717, 1.165) is 11.3 Å². The van der Waals surface area contributed by atoms with E-state index in [0.29, 0.717) is 19.4 Å². The molecule has 27 heavy (non-hydrogen) atoms. The Morgan fingerprint density at radius 2 is 1.93 bits per heavy atom. The first-order chi connectivity index (χ1) is 12.7. The molecule has 1 aliphatic heterocycles. The Balaban J connectivity index is 1.63. The maximum Gasteiger partial charge on any atom is 0.228 e. The molecular weight excluding hydrogens is 364 g/mol. The summed E-state index contributed by atoms with van der Waals surface area (Å²) in [7, 11) is -3.05. The fourth-order valence-corrected chi connectivity index (χ4v) is 5.66. The zero-order chi connectivity index (χ0) is 19.8. The lowest BCUT2D eigenvalue weighted by molar-refractivity contribution is -0.135. The van der Waals surface area contributed by atoms with Crippen LogP contribution < -0.4 is 5.32 Å². The van der Waals surface area contributed by atoms with E-state index in [1.54, 1.807) is 4.90 Å². The Bertz CT molecular complexity index is 834. The number of nitrogens with one attached hydrogen (secondary N) is 1. The number of carbonyl (C=O) groups is 2. The molecule has 1 heterocycles. The van der Waals surface area contributed by atoms with Crippen LogP contribution in [-0.4, -0.2) is 49.2 Å². The highest BCUT2D eigenvalue weighted by Gasteiger charge is 2.51. The second-order valence-electron chi connectivity index (χ2n) is 7.86. The van der Waals surface area contributed by atoms with Crippen molar-refractivity contribution in [3.8, 4) is 0 Å². The number of amides is 2. The molecule has 148 valence electrons. The first-order valence-electron chi connectivity index (χ1n) is 9.64. The highest BCUT2D eigenvalue weighted by Crippen LogP contribution is 2.42. The van der Waals surface area contributed by atoms with Crippen molar-refractivity contribution in [1.82, 2.24) is 4.90 Å². The van der Waals surface area contributed by atoms with Gasteiger partial charge in [0.25, 0.3) is 0 Å². The van der Waals surface area contributed by atoms with Crippen LogP contribution in [-0.2, 0) is 19.4 Å². The van der Waals surface area contributed by atoms with Crippen LogP contribution in [0.15, 0.2) is 24.3 Å². The first kappa shape index (κ1) is 19.9. The molecule has 1 aromatic rings. The number of benzene rings is 1. The monoisotopic (exact) mass is 392 g/mol. The van der Waals surface area contributed by atoms with Gasteiger partial charge in [-0.15, -0.1) is 0 Å². The average molecular weight is 393 g/mol. The van der Waals surface area contributed by atoms with Crippen LogP contribution >= 0.6 is 0 Å². The topological polar surface area (TPSA) is 83.6 Å². The molecule has 0 bridgehead atoms. The van der Waals surface area contributed by atoms with Gasteiger partial charge in [0.1, 0.15) is 0 Å². The molecule has 2 amide bonds. The predicted molar refractivity (Wildman–Crippen MR) is 105 cm³/mol. The second-order valence-corrected chi connectivity index (χ2v) is 10.1. The number of rotatable bonds is 6. The summed E-state index contributed by atoms with van der Waals surface area (Å²) in [4.78, 5) is 27.1. The smallest absolute Gasteiger partial charge is 0.228 e. The Hall–Kier alpha value is -1.89. The molecule has 7 heteroatoms. The van der Waals surface area contributed by atoms with E-state index in [4.69, 9.17) is 0 Å². The molecule has 1 saturated heterocycles. The number of hydrogen-bond acceptors (Lipinski definition) is 4. The van der Waals surface area contributed by atoms with Crippen molar-refractivity contribution in [2.45, 2.75) is 45.6 Å². The Kier molecular flexibility index (Phi) is 5.60. The second kappa shape index (κ2) is 7.62. The summed E-state index contributed by atoms with van der Waals surface area (Å²) in [5.74, 6) is -0.407. The molecule has 3 atom stereocenters. The summed E-state index contributed by atoms with van der Waals surface area (Å²) in [5, 5.41) is 2.97. The van der Waals surface area contributed by atoms with Crippen LogP contribution in [0.5, 0.6) is 0 Å². The van der Waals surface area contributed by atoms with Gasteiger partial charge in [-0.05, 0) is 37.3 Å². The van der Waals surface area contributed by atoms with Gasteiger partial charge in [-0.1, -0.05) is 32.0 Å². The molecule has 0 radical (unpaired) electrons. The van der Waals surface area contributed by atoms with Crippen LogP contribution in [0.2, 0.25) is 0 Å². The van der Waals surface area contributed by atoms with Gasteiger partial charge >= 0.3 is 0 Å². The molecule has 3 unspecified atom stereocenters. The third-order valence-electron chi connectivity index (χ3n) is 5.56. The van der Waals surface area contributed by atoms with Crippen molar-refractivity contribution < 1.29 is 18.0 Å². The minimum absolute atomic E-state index is 0.0396. The van der Waals surface area contributed by atoms with Crippen molar-refractivity contribution in [3.63, 3.8) is 0 Å². The summed E-state index contributed by atoms with van der Waals surface area (Å²) in [5.41, 5.74) is 1.87. The zero-order valence-electron chi connectivity index (χ0n) is 16.1. The third-order valence-corrected chi connectivity index (χ3v) is 7.31. The molecule has 0 spiro atoms. The number of anilines is 1. The van der Waals surface area contributed by atoms with Gasteiger partial charge in [0.2, 0.25) is 11.8 Å². The van der Waals surface area contributed by atoms with E-state index in [9.17, 15) is 18.0 Å². The standard InChI is InChI=1S/C20H28N2O4S/c1-4-22(14-9-10-27(25,26)12-14)20(24)17-11-16(17)19(23)21-18-8-6-5-7-15(18)13(2)3/h5-8,13-14,16-17H,4,9-12H2,1-3H3,(H,21,23). The zero-order valence-corrected chi connectivity index (χ0v) is 17.0. The molecule has 3 rings (SSSR count). The highest BCUT2D eigenvalue weighted by atomic mass is 32.2. The van der Waals surface area contributed by atoms with E-state index in [2.05, 4.69) is 19.2 Å². The van der Waals surface area contributed by atoms with E-state index in [1.807, 2.05) is 31.2 Å². The minimum Gasteiger partial charge on any atom is -0.339 e. The molecule has 1 aromatic carbocycles. The van der Waals surface area contributed by atoms with Gasteiger partial charge in [-0.3, -0.25) is 9.59 Å². The molecular formula is C20H28N2O4S. The number of para-hydroxylation sites is 1. The molecule has 1 N–H and O–H groups in total. The molecule has 2 aliphatic rings. The van der Waals surface area contributed by atoms with Crippen LogP contribution in [0.4, 0.5) is 5.69 Å². The molecule has 6 nitrogen and oxygen atoms in total. The van der Waals surface area contributed by atoms with Crippen molar-refractivity contribution >= 4 is 27.3 Å². The van der Waals surface area contributed by atoms with Crippen LogP contribution in [0, 0.1) is 11.8 Å².